The van der Waals surface area contributed by atoms with Crippen LogP contribution < -0.4 is 10.6 Å². The van der Waals surface area contributed by atoms with Crippen molar-refractivity contribution in [3.8, 4) is 5.75 Å². The lowest BCUT2D eigenvalue weighted by Gasteiger charge is -2.36. The quantitative estimate of drug-likeness (QED) is 0.733. The van der Waals surface area contributed by atoms with Gasteiger partial charge in [0.1, 0.15) is 5.75 Å². The summed E-state index contributed by atoms with van der Waals surface area (Å²) in [7, 11) is 0. The number of primary amides is 1. The Bertz CT molecular complexity index is 800. The molecule has 0 bridgehead atoms. The van der Waals surface area contributed by atoms with Crippen LogP contribution in [0.15, 0.2) is 48.5 Å². The molecule has 3 rings (SSSR count). The van der Waals surface area contributed by atoms with E-state index in [9.17, 15) is 14.7 Å². The number of carbonyl (C=O) groups is 2. The number of aromatic hydroxyl groups is 1. The molecule has 1 fully saturated rings. The van der Waals surface area contributed by atoms with Gasteiger partial charge in [0.25, 0.3) is 5.91 Å². The first kappa shape index (κ1) is 18.9. The molecule has 0 radical (unpaired) electrons. The molecule has 1 saturated heterocycles. The van der Waals surface area contributed by atoms with Gasteiger partial charge in [-0.1, -0.05) is 24.3 Å². The van der Waals surface area contributed by atoms with Crippen LogP contribution in [0.3, 0.4) is 0 Å². The highest BCUT2D eigenvalue weighted by Gasteiger charge is 2.19. The van der Waals surface area contributed by atoms with E-state index in [1.165, 1.54) is 17.8 Å². The van der Waals surface area contributed by atoms with Gasteiger partial charge in [0, 0.05) is 38.3 Å². The average Bonchev–Trinajstić information content (AvgIpc) is 2.69. The summed E-state index contributed by atoms with van der Waals surface area (Å²) in [6.45, 7) is 4.71. The van der Waals surface area contributed by atoms with Crippen LogP contribution in [0.25, 0.3) is 0 Å². The predicted octanol–water partition coefficient (Wildman–Crippen LogP) is 2.28. The smallest absolute Gasteiger partial charge is 0.252 e. The Morgan fingerprint density at radius 2 is 1.59 bits per heavy atom. The molecule has 0 atom stereocenters. The Morgan fingerprint density at radius 1 is 0.926 bits per heavy atom. The number of piperazine rings is 1. The number of hydrogen-bond acceptors (Lipinski definition) is 5. The van der Waals surface area contributed by atoms with Crippen molar-refractivity contribution < 1.29 is 14.7 Å². The highest BCUT2D eigenvalue weighted by atomic mass is 16.3. The number of nitrogens with zero attached hydrogens (tertiary/aromatic N) is 2. The van der Waals surface area contributed by atoms with E-state index in [1.807, 2.05) is 6.07 Å². The summed E-state index contributed by atoms with van der Waals surface area (Å²) in [4.78, 5) is 28.4. The molecule has 0 spiro atoms. The Labute approximate surface area is 159 Å². The van der Waals surface area contributed by atoms with Crippen molar-refractivity contribution in [2.24, 2.45) is 5.73 Å². The van der Waals surface area contributed by atoms with Gasteiger partial charge in [0.15, 0.2) is 5.78 Å². The molecule has 3 N–H and O–H groups in total. The predicted molar refractivity (Wildman–Crippen MR) is 105 cm³/mol. The molecule has 2 aromatic carbocycles. The highest BCUT2D eigenvalue weighted by Crippen LogP contribution is 2.24. The third kappa shape index (κ3) is 4.65. The van der Waals surface area contributed by atoms with E-state index < -0.39 is 5.91 Å². The molecule has 27 heavy (non-hydrogen) atoms. The molecule has 1 heterocycles. The summed E-state index contributed by atoms with van der Waals surface area (Å²) in [6, 6.07) is 14.9. The Hall–Kier alpha value is -2.86. The SMILES string of the molecule is NC(=O)c1cccc(C(=O)CCCN2CCN(c3ccccc3)CC2)c1O. The maximum Gasteiger partial charge on any atom is 0.252 e. The molecule has 1 amide bonds. The van der Waals surface area contributed by atoms with Crippen LogP contribution in [0.4, 0.5) is 5.69 Å². The van der Waals surface area contributed by atoms with Gasteiger partial charge in [0.2, 0.25) is 0 Å². The second-order valence-corrected chi connectivity index (χ2v) is 6.76. The van der Waals surface area contributed by atoms with Crippen molar-refractivity contribution in [3.05, 3.63) is 59.7 Å². The zero-order valence-electron chi connectivity index (χ0n) is 15.3. The van der Waals surface area contributed by atoms with Crippen LogP contribution in [0.5, 0.6) is 5.75 Å². The zero-order valence-corrected chi connectivity index (χ0v) is 15.3. The van der Waals surface area contributed by atoms with Crippen LogP contribution in [0.1, 0.15) is 33.6 Å². The molecule has 1 aliphatic rings. The summed E-state index contributed by atoms with van der Waals surface area (Å²) >= 11 is 0. The van der Waals surface area contributed by atoms with Gasteiger partial charge < -0.3 is 15.7 Å². The minimum atomic E-state index is -0.738. The number of para-hydroxylation sites is 2. The van der Waals surface area contributed by atoms with E-state index in [-0.39, 0.29) is 22.7 Å². The van der Waals surface area contributed by atoms with Crippen molar-refractivity contribution in [2.45, 2.75) is 12.8 Å². The van der Waals surface area contributed by atoms with Crippen LogP contribution in [-0.4, -0.2) is 54.4 Å². The molecule has 1 aliphatic heterocycles. The first-order valence-corrected chi connectivity index (χ1v) is 9.23. The maximum atomic E-state index is 12.4. The monoisotopic (exact) mass is 367 g/mol. The number of nitrogens with two attached hydrogens (primary N) is 1. The highest BCUT2D eigenvalue weighted by molar-refractivity contribution is 6.04. The standard InChI is InChI=1S/C21H25N3O3/c22-21(27)18-9-4-8-17(20(18)26)19(25)10-5-11-23-12-14-24(15-13-23)16-6-2-1-3-7-16/h1-4,6-9,26H,5,10-15H2,(H2,22,27). The molecule has 0 aromatic heterocycles. The van der Waals surface area contributed by atoms with Gasteiger partial charge in [-0.05, 0) is 37.2 Å². The Kier molecular flexibility index (Phi) is 6.08. The summed E-state index contributed by atoms with van der Waals surface area (Å²) in [5.41, 5.74) is 6.61. The van der Waals surface area contributed by atoms with E-state index in [0.29, 0.717) is 12.8 Å². The van der Waals surface area contributed by atoms with E-state index >= 15 is 0 Å². The number of rotatable bonds is 7. The number of hydrogen-bond donors (Lipinski definition) is 2. The number of amides is 1. The van der Waals surface area contributed by atoms with Gasteiger partial charge in [-0.3, -0.25) is 14.5 Å². The summed E-state index contributed by atoms with van der Waals surface area (Å²) < 4.78 is 0. The first-order chi connectivity index (χ1) is 13.1. The number of benzene rings is 2. The number of ketones is 1. The van der Waals surface area contributed by atoms with Crippen LogP contribution in [0, 0.1) is 0 Å². The molecule has 0 saturated carbocycles. The molecule has 0 unspecified atom stereocenters. The Balaban J connectivity index is 1.46. The van der Waals surface area contributed by atoms with Crippen LogP contribution >= 0.6 is 0 Å². The lowest BCUT2D eigenvalue weighted by Crippen LogP contribution is -2.46. The lowest BCUT2D eigenvalue weighted by molar-refractivity contribution is 0.0971. The van der Waals surface area contributed by atoms with Gasteiger partial charge >= 0.3 is 0 Å². The number of carbonyl (C=O) groups excluding carboxylic acids is 2. The third-order valence-corrected chi connectivity index (χ3v) is 4.97. The van der Waals surface area contributed by atoms with E-state index in [0.717, 1.165) is 32.7 Å². The molecule has 6 heteroatoms. The zero-order chi connectivity index (χ0) is 19.2. The van der Waals surface area contributed by atoms with Gasteiger partial charge in [-0.25, -0.2) is 0 Å². The third-order valence-electron chi connectivity index (χ3n) is 4.97. The molecule has 6 nitrogen and oxygen atoms in total. The second-order valence-electron chi connectivity index (χ2n) is 6.76. The van der Waals surface area contributed by atoms with Crippen LogP contribution in [-0.2, 0) is 0 Å². The molecule has 0 aliphatic carbocycles. The fourth-order valence-corrected chi connectivity index (χ4v) is 3.43. The fraction of sp³-hybridized carbons (Fsp3) is 0.333. The number of anilines is 1. The minimum Gasteiger partial charge on any atom is -0.506 e. The Morgan fingerprint density at radius 3 is 2.26 bits per heavy atom. The second kappa shape index (κ2) is 8.68. The minimum absolute atomic E-state index is 0.0158. The van der Waals surface area contributed by atoms with Crippen molar-refractivity contribution in [1.82, 2.24) is 4.90 Å². The number of Topliss-reactive ketones (excluding diaryl/α,β-unsaturated/α-hetero) is 1. The topological polar surface area (TPSA) is 86.9 Å². The first-order valence-electron chi connectivity index (χ1n) is 9.23. The molecular weight excluding hydrogens is 342 g/mol. The van der Waals surface area contributed by atoms with E-state index in [2.05, 4.69) is 34.1 Å². The van der Waals surface area contributed by atoms with Gasteiger partial charge in [-0.15, -0.1) is 0 Å². The van der Waals surface area contributed by atoms with Crippen molar-refractivity contribution in [2.75, 3.05) is 37.6 Å². The van der Waals surface area contributed by atoms with Gasteiger partial charge in [0.05, 0.1) is 11.1 Å². The largest absolute Gasteiger partial charge is 0.506 e. The molecule has 2 aromatic rings. The molecular formula is C21H25N3O3. The van der Waals surface area contributed by atoms with E-state index in [1.54, 1.807) is 6.07 Å². The van der Waals surface area contributed by atoms with Gasteiger partial charge in [-0.2, -0.15) is 0 Å². The summed E-state index contributed by atoms with van der Waals surface area (Å²) in [5, 5.41) is 10.1. The summed E-state index contributed by atoms with van der Waals surface area (Å²) in [6.07, 6.45) is 1.04. The summed E-state index contributed by atoms with van der Waals surface area (Å²) in [5.74, 6) is -1.22. The lowest BCUT2D eigenvalue weighted by atomic mass is 10.0. The van der Waals surface area contributed by atoms with E-state index in [4.69, 9.17) is 5.73 Å². The van der Waals surface area contributed by atoms with Crippen LogP contribution in [0.2, 0.25) is 0 Å². The average molecular weight is 367 g/mol. The van der Waals surface area contributed by atoms with Crippen molar-refractivity contribution in [1.29, 1.82) is 0 Å². The van der Waals surface area contributed by atoms with Crippen molar-refractivity contribution in [3.63, 3.8) is 0 Å². The fourth-order valence-electron chi connectivity index (χ4n) is 3.43. The molecule has 142 valence electrons. The number of phenols is 1. The normalized spacial score (nSPS) is 14.9. The maximum absolute atomic E-state index is 12.4. The van der Waals surface area contributed by atoms with Crippen molar-refractivity contribution >= 4 is 17.4 Å².